The standard InChI is InChI=1S/C49H31N/c1-2-12-32(13-3-1)45-31-48(50-47-29-26-33-14-4-7-17-39(33)49(45)47)35-24-22-34(23-25-35)38-27-28-44(42-20-10-8-19-41(38)42)46-30-36-15-5-6-16-37(36)40-18-9-11-21-43(40)46/h1-31H. The second-order valence-electron chi connectivity index (χ2n) is 13.1. The van der Waals surface area contributed by atoms with Crippen LogP contribution in [0.5, 0.6) is 0 Å². The minimum absolute atomic E-state index is 0.974. The molecule has 1 heterocycles. The van der Waals surface area contributed by atoms with E-state index >= 15 is 0 Å². The second-order valence-corrected chi connectivity index (χ2v) is 13.1. The first-order valence-corrected chi connectivity index (χ1v) is 17.2. The summed E-state index contributed by atoms with van der Waals surface area (Å²) in [5.74, 6) is 0. The Hall–Kier alpha value is -6.57. The van der Waals surface area contributed by atoms with Crippen molar-refractivity contribution in [2.75, 3.05) is 0 Å². The van der Waals surface area contributed by atoms with E-state index < -0.39 is 0 Å². The number of hydrogen-bond acceptors (Lipinski definition) is 1. The van der Waals surface area contributed by atoms with Gasteiger partial charge in [-0.1, -0.05) is 170 Å². The minimum Gasteiger partial charge on any atom is -0.248 e. The summed E-state index contributed by atoms with van der Waals surface area (Å²) in [6, 6.07) is 68.1. The van der Waals surface area contributed by atoms with Gasteiger partial charge in [-0.3, -0.25) is 0 Å². The van der Waals surface area contributed by atoms with E-state index in [0.29, 0.717) is 0 Å². The molecule has 9 aromatic carbocycles. The molecule has 1 nitrogen and oxygen atoms in total. The van der Waals surface area contributed by atoms with Crippen LogP contribution in [0.1, 0.15) is 0 Å². The van der Waals surface area contributed by atoms with Gasteiger partial charge in [0.15, 0.2) is 0 Å². The van der Waals surface area contributed by atoms with Crippen molar-refractivity contribution in [1.82, 2.24) is 4.98 Å². The van der Waals surface area contributed by atoms with Gasteiger partial charge in [0.2, 0.25) is 0 Å². The molecule has 0 aliphatic rings. The smallest absolute Gasteiger partial charge is 0.0722 e. The molecule has 1 aromatic heterocycles. The molecular weight excluding hydrogens is 603 g/mol. The van der Waals surface area contributed by atoms with Crippen LogP contribution in [-0.4, -0.2) is 4.98 Å². The van der Waals surface area contributed by atoms with Gasteiger partial charge in [-0.2, -0.15) is 0 Å². The summed E-state index contributed by atoms with van der Waals surface area (Å²) in [6.07, 6.45) is 0. The van der Waals surface area contributed by atoms with Crippen LogP contribution < -0.4 is 0 Å². The topological polar surface area (TPSA) is 12.9 Å². The molecule has 0 spiro atoms. The number of hydrogen-bond donors (Lipinski definition) is 0. The van der Waals surface area contributed by atoms with Crippen LogP contribution in [0, 0.1) is 0 Å². The van der Waals surface area contributed by atoms with Gasteiger partial charge in [0, 0.05) is 10.9 Å². The van der Waals surface area contributed by atoms with Gasteiger partial charge in [-0.15, -0.1) is 0 Å². The predicted molar refractivity (Wildman–Crippen MR) is 214 cm³/mol. The molecule has 0 N–H and O–H groups in total. The van der Waals surface area contributed by atoms with Gasteiger partial charge < -0.3 is 0 Å². The van der Waals surface area contributed by atoms with E-state index in [9.17, 15) is 0 Å². The fraction of sp³-hybridized carbons (Fsp3) is 0. The highest BCUT2D eigenvalue weighted by Gasteiger charge is 2.15. The number of pyridine rings is 1. The molecule has 0 amide bonds. The number of nitrogens with zero attached hydrogens (tertiary/aromatic N) is 1. The van der Waals surface area contributed by atoms with Crippen molar-refractivity contribution in [2.45, 2.75) is 0 Å². The van der Waals surface area contributed by atoms with E-state index in [0.717, 1.165) is 16.8 Å². The average Bonchev–Trinajstić information content (AvgIpc) is 3.20. The molecule has 0 aliphatic heterocycles. The lowest BCUT2D eigenvalue weighted by atomic mass is 9.88. The molecule has 0 saturated heterocycles. The van der Waals surface area contributed by atoms with Gasteiger partial charge >= 0.3 is 0 Å². The Bertz CT molecular complexity index is 2900. The molecule has 0 bridgehead atoms. The van der Waals surface area contributed by atoms with Crippen molar-refractivity contribution in [3.63, 3.8) is 0 Å². The Balaban J connectivity index is 1.10. The fourth-order valence-corrected chi connectivity index (χ4v) is 7.88. The first-order valence-electron chi connectivity index (χ1n) is 17.2. The third-order valence-electron chi connectivity index (χ3n) is 10.3. The normalized spacial score (nSPS) is 11.6. The number of fused-ring (bicyclic) bond motifs is 7. The zero-order chi connectivity index (χ0) is 33.0. The summed E-state index contributed by atoms with van der Waals surface area (Å²) < 4.78 is 0. The summed E-state index contributed by atoms with van der Waals surface area (Å²) in [5, 5.41) is 11.3. The van der Waals surface area contributed by atoms with Gasteiger partial charge in [0.25, 0.3) is 0 Å². The zero-order valence-corrected chi connectivity index (χ0v) is 27.3. The Morgan fingerprint density at radius 3 is 1.58 bits per heavy atom. The molecule has 0 radical (unpaired) electrons. The van der Waals surface area contributed by atoms with Crippen LogP contribution in [0.15, 0.2) is 188 Å². The summed E-state index contributed by atoms with van der Waals surface area (Å²) in [7, 11) is 0. The molecule has 0 atom stereocenters. The first kappa shape index (κ1) is 28.4. The summed E-state index contributed by atoms with van der Waals surface area (Å²) in [5.41, 5.74) is 10.4. The Morgan fingerprint density at radius 1 is 0.280 bits per heavy atom. The Morgan fingerprint density at radius 2 is 0.820 bits per heavy atom. The molecular formula is C49H31N. The maximum atomic E-state index is 5.23. The molecule has 0 saturated carbocycles. The lowest BCUT2D eigenvalue weighted by Crippen LogP contribution is -1.92. The average molecular weight is 634 g/mol. The van der Waals surface area contributed by atoms with Gasteiger partial charge in [0.1, 0.15) is 0 Å². The SMILES string of the molecule is c1ccc(-c2cc(-c3ccc(-c4ccc(-c5cc6ccccc6c6ccccc56)c5ccccc45)cc3)nc3ccc4ccccc4c23)cc1. The molecule has 232 valence electrons. The molecule has 0 aliphatic carbocycles. The van der Waals surface area contributed by atoms with Crippen molar-refractivity contribution in [3.8, 4) is 44.6 Å². The number of benzene rings is 9. The molecule has 10 aromatic rings. The molecule has 1 heteroatoms. The van der Waals surface area contributed by atoms with E-state index in [2.05, 4.69) is 188 Å². The van der Waals surface area contributed by atoms with Crippen LogP contribution in [-0.2, 0) is 0 Å². The number of rotatable bonds is 4. The van der Waals surface area contributed by atoms with Crippen LogP contribution in [0.2, 0.25) is 0 Å². The lowest BCUT2D eigenvalue weighted by molar-refractivity contribution is 1.40. The van der Waals surface area contributed by atoms with E-state index in [1.807, 2.05) is 0 Å². The van der Waals surface area contributed by atoms with Gasteiger partial charge in [-0.25, -0.2) is 4.98 Å². The van der Waals surface area contributed by atoms with Crippen LogP contribution in [0.3, 0.4) is 0 Å². The van der Waals surface area contributed by atoms with E-state index in [1.165, 1.54) is 81.9 Å². The maximum absolute atomic E-state index is 5.23. The highest BCUT2D eigenvalue weighted by molar-refractivity contribution is 6.17. The molecule has 0 unspecified atom stereocenters. The van der Waals surface area contributed by atoms with Crippen molar-refractivity contribution in [2.24, 2.45) is 0 Å². The zero-order valence-electron chi connectivity index (χ0n) is 27.3. The van der Waals surface area contributed by atoms with Crippen molar-refractivity contribution < 1.29 is 0 Å². The summed E-state index contributed by atoms with van der Waals surface area (Å²) >= 11 is 0. The lowest BCUT2D eigenvalue weighted by Gasteiger charge is -2.16. The molecule has 0 fully saturated rings. The quantitative estimate of drug-likeness (QED) is 0.176. The van der Waals surface area contributed by atoms with Crippen molar-refractivity contribution in [3.05, 3.63) is 188 Å². The summed E-state index contributed by atoms with van der Waals surface area (Å²) in [6.45, 7) is 0. The monoisotopic (exact) mass is 633 g/mol. The van der Waals surface area contributed by atoms with Crippen molar-refractivity contribution >= 4 is 54.0 Å². The van der Waals surface area contributed by atoms with Crippen molar-refractivity contribution in [1.29, 1.82) is 0 Å². The van der Waals surface area contributed by atoms with Crippen LogP contribution in [0.4, 0.5) is 0 Å². The third-order valence-corrected chi connectivity index (χ3v) is 10.3. The predicted octanol–water partition coefficient (Wildman–Crippen LogP) is 13.5. The van der Waals surface area contributed by atoms with Crippen LogP contribution in [0.25, 0.3) is 98.6 Å². The largest absolute Gasteiger partial charge is 0.248 e. The van der Waals surface area contributed by atoms with Crippen LogP contribution >= 0.6 is 0 Å². The van der Waals surface area contributed by atoms with Gasteiger partial charge in [-0.05, 0) is 94.7 Å². The fourth-order valence-electron chi connectivity index (χ4n) is 7.88. The molecule has 50 heavy (non-hydrogen) atoms. The van der Waals surface area contributed by atoms with E-state index in [-0.39, 0.29) is 0 Å². The maximum Gasteiger partial charge on any atom is 0.0722 e. The number of aromatic nitrogens is 1. The van der Waals surface area contributed by atoms with E-state index in [1.54, 1.807) is 0 Å². The third kappa shape index (κ3) is 4.59. The first-order chi connectivity index (χ1) is 24.8. The Labute approximate surface area is 290 Å². The highest BCUT2D eigenvalue weighted by Crippen LogP contribution is 2.42. The summed E-state index contributed by atoms with van der Waals surface area (Å²) in [4.78, 5) is 5.23. The minimum atomic E-state index is 0.974. The van der Waals surface area contributed by atoms with E-state index in [4.69, 9.17) is 4.98 Å². The second kappa shape index (κ2) is 11.5. The van der Waals surface area contributed by atoms with Gasteiger partial charge in [0.05, 0.1) is 11.2 Å². The Kier molecular flexibility index (Phi) is 6.57. The molecule has 10 rings (SSSR count). The highest BCUT2D eigenvalue weighted by atomic mass is 14.7.